The number of pyridine rings is 1. The minimum Gasteiger partial charge on any atom is -0.290 e. The highest BCUT2D eigenvalue weighted by atomic mass is 32.1. The van der Waals surface area contributed by atoms with Gasteiger partial charge in [-0.05, 0) is 42.5 Å². The number of fused-ring (bicyclic) bond motifs is 2. The van der Waals surface area contributed by atoms with Gasteiger partial charge in [0, 0.05) is 36.3 Å². The molecule has 0 amide bonds. The van der Waals surface area contributed by atoms with E-state index in [1.807, 2.05) is 29.5 Å². The maximum absolute atomic E-state index is 12.2. The third-order valence-corrected chi connectivity index (χ3v) is 5.39. The quantitative estimate of drug-likeness (QED) is 0.730. The Morgan fingerprint density at radius 2 is 2.27 bits per heavy atom. The van der Waals surface area contributed by atoms with Crippen LogP contribution in [0.15, 0.2) is 46.7 Å². The van der Waals surface area contributed by atoms with Crippen LogP contribution in [0.25, 0.3) is 5.65 Å². The van der Waals surface area contributed by atoms with E-state index in [-0.39, 0.29) is 5.56 Å². The van der Waals surface area contributed by atoms with Crippen molar-refractivity contribution in [1.29, 1.82) is 0 Å². The summed E-state index contributed by atoms with van der Waals surface area (Å²) in [6.45, 7) is 3.97. The van der Waals surface area contributed by atoms with Gasteiger partial charge in [-0.15, -0.1) is 11.3 Å². The Kier molecular flexibility index (Phi) is 3.32. The molecule has 22 heavy (non-hydrogen) atoms. The zero-order chi connectivity index (χ0) is 15.1. The molecular weight excluding hydrogens is 294 g/mol. The van der Waals surface area contributed by atoms with Crippen LogP contribution in [-0.2, 0) is 13.0 Å². The summed E-state index contributed by atoms with van der Waals surface area (Å²) >= 11 is 1.85. The van der Waals surface area contributed by atoms with Gasteiger partial charge in [-0.1, -0.05) is 6.07 Å². The normalized spacial score (nSPS) is 18.5. The molecule has 0 bridgehead atoms. The summed E-state index contributed by atoms with van der Waals surface area (Å²) in [7, 11) is 0. The third-order valence-electron chi connectivity index (χ3n) is 4.39. The molecule has 4 rings (SSSR count). The number of thiophene rings is 1. The zero-order valence-electron chi connectivity index (χ0n) is 12.4. The first-order valence-corrected chi connectivity index (χ1v) is 8.38. The van der Waals surface area contributed by atoms with Gasteiger partial charge in [-0.2, -0.15) is 0 Å². The summed E-state index contributed by atoms with van der Waals surface area (Å²) in [5, 5.41) is 2.17. The summed E-state index contributed by atoms with van der Waals surface area (Å²) in [5.41, 5.74) is 2.97. The Hall–Kier alpha value is -1.98. The molecule has 1 aliphatic heterocycles. The zero-order valence-corrected chi connectivity index (χ0v) is 13.2. The van der Waals surface area contributed by atoms with Crippen molar-refractivity contribution < 1.29 is 0 Å². The Balaban J connectivity index is 1.66. The molecule has 0 saturated carbocycles. The van der Waals surface area contributed by atoms with Crippen molar-refractivity contribution in [1.82, 2.24) is 14.3 Å². The molecule has 3 aromatic rings. The second-order valence-corrected chi connectivity index (χ2v) is 6.71. The fraction of sp³-hybridized carbons (Fsp3) is 0.294. The molecule has 0 N–H and O–H groups in total. The smallest absolute Gasteiger partial charge is 0.258 e. The number of hydrogen-bond acceptors (Lipinski definition) is 4. The Morgan fingerprint density at radius 3 is 3.18 bits per heavy atom. The molecule has 0 unspecified atom stereocenters. The van der Waals surface area contributed by atoms with Crippen molar-refractivity contribution in [3.05, 3.63) is 68.4 Å². The molecule has 0 aliphatic carbocycles. The largest absolute Gasteiger partial charge is 0.290 e. The molecule has 4 nitrogen and oxygen atoms in total. The van der Waals surface area contributed by atoms with E-state index in [9.17, 15) is 4.79 Å². The van der Waals surface area contributed by atoms with Crippen LogP contribution in [0, 0.1) is 0 Å². The van der Waals surface area contributed by atoms with E-state index in [0.29, 0.717) is 11.7 Å². The van der Waals surface area contributed by atoms with Crippen LogP contribution < -0.4 is 5.56 Å². The molecule has 3 aromatic heterocycles. The minimum atomic E-state index is -0.0125. The minimum absolute atomic E-state index is 0.0125. The second-order valence-electron chi connectivity index (χ2n) is 5.71. The molecule has 0 saturated heterocycles. The number of hydrogen-bond donors (Lipinski definition) is 0. The average Bonchev–Trinajstić information content (AvgIpc) is 3.00. The van der Waals surface area contributed by atoms with Crippen molar-refractivity contribution in [2.75, 3.05) is 6.54 Å². The van der Waals surface area contributed by atoms with Gasteiger partial charge in [-0.25, -0.2) is 4.98 Å². The molecule has 0 aromatic carbocycles. The van der Waals surface area contributed by atoms with Crippen LogP contribution in [0.1, 0.15) is 29.1 Å². The molecule has 1 atom stereocenters. The third kappa shape index (κ3) is 2.26. The van der Waals surface area contributed by atoms with Crippen LogP contribution in [-0.4, -0.2) is 20.8 Å². The van der Waals surface area contributed by atoms with Gasteiger partial charge in [-0.3, -0.25) is 14.1 Å². The highest BCUT2D eigenvalue weighted by molar-refractivity contribution is 7.10. The fourth-order valence-electron chi connectivity index (χ4n) is 3.17. The van der Waals surface area contributed by atoms with Crippen LogP contribution in [0.2, 0.25) is 0 Å². The van der Waals surface area contributed by atoms with E-state index in [0.717, 1.165) is 25.2 Å². The summed E-state index contributed by atoms with van der Waals surface area (Å²) in [6, 6.07) is 9.89. The van der Waals surface area contributed by atoms with Crippen molar-refractivity contribution in [2.24, 2.45) is 0 Å². The molecule has 1 aliphatic rings. The van der Waals surface area contributed by atoms with Gasteiger partial charge < -0.3 is 0 Å². The van der Waals surface area contributed by atoms with Crippen molar-refractivity contribution in [2.45, 2.75) is 25.9 Å². The first-order chi connectivity index (χ1) is 10.7. The Morgan fingerprint density at radius 1 is 1.36 bits per heavy atom. The predicted octanol–water partition coefficient (Wildman–Crippen LogP) is 2.88. The van der Waals surface area contributed by atoms with E-state index in [1.54, 1.807) is 16.7 Å². The molecule has 0 fully saturated rings. The SMILES string of the molecule is C[C@H]1c2ccsc2CCN1Cc1cc(=O)n2ccccc2n1. The van der Waals surface area contributed by atoms with E-state index in [2.05, 4.69) is 28.3 Å². The summed E-state index contributed by atoms with van der Waals surface area (Å²) in [5.74, 6) is 0. The monoisotopic (exact) mass is 311 g/mol. The van der Waals surface area contributed by atoms with Gasteiger partial charge in [0.15, 0.2) is 0 Å². The first kappa shape index (κ1) is 13.7. The lowest BCUT2D eigenvalue weighted by molar-refractivity contribution is 0.189. The lowest BCUT2D eigenvalue weighted by Crippen LogP contribution is -2.33. The maximum Gasteiger partial charge on any atom is 0.258 e. The van der Waals surface area contributed by atoms with E-state index in [4.69, 9.17) is 0 Å². The standard InChI is InChI=1S/C17H17N3OS/c1-12-14-6-9-22-15(14)5-8-19(12)11-13-10-17(21)20-7-3-2-4-16(20)18-13/h2-4,6-7,9-10,12H,5,8,11H2,1H3/t12-/m0/s1. The highest BCUT2D eigenvalue weighted by Gasteiger charge is 2.25. The van der Waals surface area contributed by atoms with Crippen LogP contribution in [0.5, 0.6) is 0 Å². The molecule has 0 spiro atoms. The summed E-state index contributed by atoms with van der Waals surface area (Å²) < 4.78 is 1.58. The molecule has 0 radical (unpaired) electrons. The van der Waals surface area contributed by atoms with Crippen molar-refractivity contribution >= 4 is 17.0 Å². The predicted molar refractivity (Wildman–Crippen MR) is 88.3 cm³/mol. The highest BCUT2D eigenvalue weighted by Crippen LogP contribution is 2.33. The second kappa shape index (κ2) is 5.34. The Labute approximate surface area is 132 Å². The van der Waals surface area contributed by atoms with E-state index >= 15 is 0 Å². The topological polar surface area (TPSA) is 37.6 Å². The fourth-order valence-corrected chi connectivity index (χ4v) is 4.13. The molecular formula is C17H17N3OS. The van der Waals surface area contributed by atoms with Crippen LogP contribution in [0.3, 0.4) is 0 Å². The van der Waals surface area contributed by atoms with Gasteiger partial charge in [0.2, 0.25) is 0 Å². The molecule has 5 heteroatoms. The van der Waals surface area contributed by atoms with Crippen molar-refractivity contribution in [3.8, 4) is 0 Å². The van der Waals surface area contributed by atoms with Gasteiger partial charge in [0.25, 0.3) is 5.56 Å². The van der Waals surface area contributed by atoms with Gasteiger partial charge in [0.1, 0.15) is 5.65 Å². The average molecular weight is 311 g/mol. The maximum atomic E-state index is 12.2. The summed E-state index contributed by atoms with van der Waals surface area (Å²) in [4.78, 5) is 20.7. The van der Waals surface area contributed by atoms with E-state index in [1.165, 1.54) is 10.4 Å². The summed E-state index contributed by atoms with van der Waals surface area (Å²) in [6.07, 6.45) is 2.85. The molecule has 112 valence electrons. The lowest BCUT2D eigenvalue weighted by Gasteiger charge is -2.33. The molecule has 4 heterocycles. The van der Waals surface area contributed by atoms with Crippen LogP contribution >= 0.6 is 11.3 Å². The van der Waals surface area contributed by atoms with Crippen LogP contribution in [0.4, 0.5) is 0 Å². The van der Waals surface area contributed by atoms with Gasteiger partial charge >= 0.3 is 0 Å². The van der Waals surface area contributed by atoms with Crippen molar-refractivity contribution in [3.63, 3.8) is 0 Å². The van der Waals surface area contributed by atoms with Gasteiger partial charge in [0.05, 0.1) is 5.69 Å². The van der Waals surface area contributed by atoms with E-state index < -0.39 is 0 Å². The first-order valence-electron chi connectivity index (χ1n) is 7.50. The lowest BCUT2D eigenvalue weighted by atomic mass is 10.0. The Bertz CT molecular complexity index is 883. The number of aromatic nitrogens is 2. The number of nitrogens with zero attached hydrogens (tertiary/aromatic N) is 3. The number of rotatable bonds is 2.